The number of hydrogen-bond acceptors (Lipinski definition) is 11. The first-order chi connectivity index (χ1) is 22.2. The molecule has 0 saturated carbocycles. The van der Waals surface area contributed by atoms with E-state index >= 15 is 0 Å². The van der Waals surface area contributed by atoms with E-state index in [0.29, 0.717) is 16.7 Å². The number of para-hydroxylation sites is 1. The number of nitrogens with zero attached hydrogens (tertiary/aromatic N) is 3. The van der Waals surface area contributed by atoms with Gasteiger partial charge in [-0.05, 0) is 54.8 Å². The summed E-state index contributed by atoms with van der Waals surface area (Å²) in [6.07, 6.45) is -4.76. The van der Waals surface area contributed by atoms with Crippen molar-refractivity contribution < 1.29 is 40.9 Å². The molecule has 0 aliphatic rings. The van der Waals surface area contributed by atoms with E-state index in [9.17, 15) is 41.8 Å². The van der Waals surface area contributed by atoms with Crippen LogP contribution in [0.1, 0.15) is 25.1 Å². The fraction of sp³-hybridized carbons (Fsp3) is 0.207. The average Bonchev–Trinajstić information content (AvgIpc) is 3.04. The number of rotatable bonds is 10. The molecule has 0 amide bonds. The number of anilines is 2. The highest BCUT2D eigenvalue weighted by molar-refractivity contribution is 8.00. The summed E-state index contributed by atoms with van der Waals surface area (Å²) in [6.45, 7) is 5.99. The predicted molar refractivity (Wildman–Crippen MR) is 171 cm³/mol. The summed E-state index contributed by atoms with van der Waals surface area (Å²) in [5.74, 6) is -0.213. The van der Waals surface area contributed by atoms with Crippen molar-refractivity contribution in [2.45, 2.75) is 36.7 Å². The van der Waals surface area contributed by atoms with Gasteiger partial charge in [0.2, 0.25) is 0 Å². The minimum atomic E-state index is -4.76. The largest absolute Gasteiger partial charge is 0.496 e. The Morgan fingerprint density at radius 3 is 1.96 bits per heavy atom. The molecule has 47 heavy (non-hydrogen) atoms. The summed E-state index contributed by atoms with van der Waals surface area (Å²) in [5, 5.41) is 21.6. The Labute approximate surface area is 272 Å². The number of non-ortho nitro benzene ring substituents is 2. The number of methoxy groups -OCH3 is 2. The van der Waals surface area contributed by atoms with E-state index in [-0.39, 0.29) is 11.4 Å². The minimum Gasteiger partial charge on any atom is -0.496 e. The standard InChI is InChI=1S/C14H14N2O3S.C13H10F3N3O5S.C2H6/c1-10-5-3-4-6-12(10)15-20-14-9-11(16(17)18)7-8-13(14)19-2;1-24-9-6-5-8(19(20)21)7-10(9)25(22,23)18-12-4-2-3-11(17-12)13(14,15)16;1-2/h3-9,15H,1-2H3;2-7H,1H3,(H,17,18);1-2H3. The summed E-state index contributed by atoms with van der Waals surface area (Å²) < 4.78 is 77.8. The number of hydrogen-bond donors (Lipinski definition) is 2. The Morgan fingerprint density at radius 1 is 0.830 bits per heavy atom. The van der Waals surface area contributed by atoms with Crippen LogP contribution in [-0.2, 0) is 16.2 Å². The van der Waals surface area contributed by atoms with Gasteiger partial charge in [-0.2, -0.15) is 13.2 Å². The van der Waals surface area contributed by atoms with Crippen molar-refractivity contribution in [3.05, 3.63) is 110 Å². The highest BCUT2D eigenvalue weighted by Gasteiger charge is 2.33. The van der Waals surface area contributed by atoms with Crippen LogP contribution in [0.4, 0.5) is 36.1 Å². The van der Waals surface area contributed by atoms with Crippen molar-refractivity contribution in [2.75, 3.05) is 23.7 Å². The summed E-state index contributed by atoms with van der Waals surface area (Å²) in [5.41, 5.74) is 0.284. The van der Waals surface area contributed by atoms with Crippen LogP contribution in [-0.4, -0.2) is 37.5 Å². The van der Waals surface area contributed by atoms with Gasteiger partial charge in [0.1, 0.15) is 27.9 Å². The molecule has 0 atom stereocenters. The van der Waals surface area contributed by atoms with Crippen LogP contribution in [0.3, 0.4) is 0 Å². The van der Waals surface area contributed by atoms with E-state index in [1.54, 1.807) is 13.2 Å². The van der Waals surface area contributed by atoms with Crippen LogP contribution in [0.2, 0.25) is 0 Å². The van der Waals surface area contributed by atoms with Crippen molar-refractivity contribution in [3.8, 4) is 11.5 Å². The SMILES string of the molecule is CC.COc1ccc([N+](=O)[O-])cc1S(=O)(=O)Nc1cccc(C(F)(F)F)n1.COc1ccc([N+](=O)[O-])cc1SNc1ccccc1C. The van der Waals surface area contributed by atoms with Gasteiger partial charge in [0.05, 0.1) is 29.0 Å². The molecule has 0 spiro atoms. The Bertz CT molecular complexity index is 1810. The van der Waals surface area contributed by atoms with Crippen molar-refractivity contribution >= 4 is 44.9 Å². The topological polar surface area (TPSA) is 176 Å². The average molecular weight is 698 g/mol. The molecule has 1 aromatic heterocycles. The van der Waals surface area contributed by atoms with Gasteiger partial charge in [0.15, 0.2) is 0 Å². The van der Waals surface area contributed by atoms with Gasteiger partial charge in [0, 0.05) is 30.0 Å². The van der Waals surface area contributed by atoms with Crippen molar-refractivity contribution in [1.82, 2.24) is 4.98 Å². The molecule has 3 aromatic carbocycles. The maximum Gasteiger partial charge on any atom is 0.433 e. The third-order valence-corrected chi connectivity index (χ3v) is 7.94. The molecular formula is C29H30F3N5O8S2. The quantitative estimate of drug-likeness (QED) is 0.0936. The van der Waals surface area contributed by atoms with Crippen molar-refractivity contribution in [3.63, 3.8) is 0 Å². The number of sulfonamides is 1. The molecule has 18 heteroatoms. The Morgan fingerprint density at radius 2 is 1.40 bits per heavy atom. The minimum absolute atomic E-state index is 0.0416. The number of aromatic nitrogens is 1. The fourth-order valence-electron chi connectivity index (χ4n) is 3.49. The second kappa shape index (κ2) is 17.0. The monoisotopic (exact) mass is 697 g/mol. The first-order valence-corrected chi connectivity index (χ1v) is 15.7. The van der Waals surface area contributed by atoms with Crippen molar-refractivity contribution in [2.24, 2.45) is 0 Å². The zero-order chi connectivity index (χ0) is 35.4. The Balaban J connectivity index is 0.000000317. The predicted octanol–water partition coefficient (Wildman–Crippen LogP) is 7.88. The number of alkyl halides is 3. The number of pyridine rings is 1. The second-order valence-electron chi connectivity index (χ2n) is 8.71. The van der Waals surface area contributed by atoms with E-state index < -0.39 is 48.1 Å². The molecule has 4 rings (SSSR count). The van der Waals surface area contributed by atoms with Gasteiger partial charge in [0.25, 0.3) is 21.4 Å². The normalized spacial score (nSPS) is 10.7. The molecule has 0 radical (unpaired) electrons. The van der Waals surface area contributed by atoms with E-state index in [1.807, 2.05) is 49.8 Å². The fourth-order valence-corrected chi connectivity index (χ4v) is 5.56. The summed E-state index contributed by atoms with van der Waals surface area (Å²) in [7, 11) is -1.80. The van der Waals surface area contributed by atoms with Crippen LogP contribution in [0.5, 0.6) is 11.5 Å². The number of nitro groups is 2. The van der Waals surface area contributed by atoms with Gasteiger partial charge in [-0.3, -0.25) is 25.0 Å². The van der Waals surface area contributed by atoms with E-state index in [0.717, 1.165) is 48.7 Å². The Hall–Kier alpha value is -5.10. The molecule has 0 aliphatic carbocycles. The Kier molecular flexibility index (Phi) is 13.8. The lowest BCUT2D eigenvalue weighted by molar-refractivity contribution is -0.385. The molecule has 1 heterocycles. The summed E-state index contributed by atoms with van der Waals surface area (Å²) in [4.78, 5) is 23.6. The smallest absolute Gasteiger partial charge is 0.433 e. The maximum absolute atomic E-state index is 12.6. The molecular weight excluding hydrogens is 667 g/mol. The lowest BCUT2D eigenvalue weighted by Gasteiger charge is -2.12. The lowest BCUT2D eigenvalue weighted by Crippen LogP contribution is -2.17. The third-order valence-electron chi connectivity index (χ3n) is 5.70. The zero-order valence-corrected chi connectivity index (χ0v) is 27.2. The first kappa shape index (κ1) is 38.1. The van der Waals surface area contributed by atoms with Crippen LogP contribution >= 0.6 is 11.9 Å². The van der Waals surface area contributed by atoms with Gasteiger partial charge >= 0.3 is 6.18 Å². The molecule has 2 N–H and O–H groups in total. The van der Waals surface area contributed by atoms with Gasteiger partial charge in [-0.15, -0.1) is 0 Å². The molecule has 0 unspecified atom stereocenters. The number of ether oxygens (including phenoxy) is 2. The molecule has 13 nitrogen and oxygen atoms in total. The highest BCUT2D eigenvalue weighted by atomic mass is 32.2. The molecule has 0 aliphatic heterocycles. The van der Waals surface area contributed by atoms with E-state index in [4.69, 9.17) is 9.47 Å². The van der Waals surface area contributed by atoms with Gasteiger partial charge in [-0.1, -0.05) is 38.1 Å². The van der Waals surface area contributed by atoms with Crippen molar-refractivity contribution in [1.29, 1.82) is 0 Å². The first-order valence-electron chi connectivity index (χ1n) is 13.4. The summed E-state index contributed by atoms with van der Waals surface area (Å²) in [6, 6.07) is 17.8. The van der Waals surface area contributed by atoms with Crippen LogP contribution < -0.4 is 18.9 Å². The molecule has 0 fully saturated rings. The lowest BCUT2D eigenvalue weighted by atomic mass is 10.2. The van der Waals surface area contributed by atoms with Crippen LogP contribution in [0.15, 0.2) is 88.7 Å². The van der Waals surface area contributed by atoms with Gasteiger partial charge < -0.3 is 14.2 Å². The summed E-state index contributed by atoms with van der Waals surface area (Å²) >= 11 is 1.29. The highest BCUT2D eigenvalue weighted by Crippen LogP contribution is 2.34. The number of nitro benzene ring substituents is 2. The van der Waals surface area contributed by atoms with Crippen LogP contribution in [0.25, 0.3) is 0 Å². The van der Waals surface area contributed by atoms with Gasteiger partial charge in [-0.25, -0.2) is 13.4 Å². The maximum atomic E-state index is 12.6. The molecule has 4 aromatic rings. The number of benzene rings is 3. The number of halogens is 3. The molecule has 252 valence electrons. The molecule has 0 saturated heterocycles. The zero-order valence-electron chi connectivity index (χ0n) is 25.6. The number of aryl methyl sites for hydroxylation is 1. The third kappa shape index (κ3) is 10.7. The van der Waals surface area contributed by atoms with Crippen LogP contribution in [0, 0.1) is 27.2 Å². The number of nitrogens with one attached hydrogen (secondary N) is 2. The van der Waals surface area contributed by atoms with E-state index in [1.165, 1.54) is 24.1 Å². The van der Waals surface area contributed by atoms with E-state index in [2.05, 4.69) is 9.71 Å². The molecule has 0 bridgehead atoms. The second-order valence-corrected chi connectivity index (χ2v) is 11.2.